The van der Waals surface area contributed by atoms with E-state index in [1.165, 1.54) is 11.3 Å². The lowest BCUT2D eigenvalue weighted by molar-refractivity contribution is 0.102. The molecule has 6 nitrogen and oxygen atoms in total. The van der Waals surface area contributed by atoms with Gasteiger partial charge in [0.2, 0.25) is 0 Å². The van der Waals surface area contributed by atoms with E-state index in [0.29, 0.717) is 16.4 Å². The summed E-state index contributed by atoms with van der Waals surface area (Å²) in [6, 6.07) is 19.1. The van der Waals surface area contributed by atoms with Crippen LogP contribution in [0.4, 0.5) is 10.8 Å². The summed E-state index contributed by atoms with van der Waals surface area (Å²) in [6.07, 6.45) is 0. The van der Waals surface area contributed by atoms with Gasteiger partial charge in [-0.1, -0.05) is 41.7 Å². The molecule has 0 aliphatic rings. The number of fused-ring (bicyclic) bond motifs is 1. The number of benzene rings is 3. The van der Waals surface area contributed by atoms with E-state index < -0.39 is 10.0 Å². The Morgan fingerprint density at radius 1 is 0.967 bits per heavy atom. The Labute approximate surface area is 178 Å². The Morgan fingerprint density at radius 3 is 2.47 bits per heavy atom. The van der Waals surface area contributed by atoms with Crippen LogP contribution < -0.4 is 10.0 Å². The lowest BCUT2D eigenvalue weighted by atomic mass is 10.2. The van der Waals surface area contributed by atoms with Crippen molar-refractivity contribution in [1.82, 2.24) is 4.98 Å². The minimum Gasteiger partial charge on any atom is -0.298 e. The van der Waals surface area contributed by atoms with Gasteiger partial charge in [-0.3, -0.25) is 14.8 Å². The van der Waals surface area contributed by atoms with Crippen LogP contribution in [0, 0.1) is 13.8 Å². The molecule has 0 spiro atoms. The minimum absolute atomic E-state index is 0.209. The number of nitrogens with zero attached hydrogens (tertiary/aromatic N) is 1. The van der Waals surface area contributed by atoms with Gasteiger partial charge < -0.3 is 0 Å². The maximum Gasteiger partial charge on any atom is 0.261 e. The molecule has 0 saturated carbocycles. The van der Waals surface area contributed by atoms with Gasteiger partial charge in [-0.15, -0.1) is 0 Å². The number of nitrogens with one attached hydrogen (secondary N) is 2. The van der Waals surface area contributed by atoms with Crippen molar-refractivity contribution in [3.8, 4) is 0 Å². The van der Waals surface area contributed by atoms with E-state index in [2.05, 4.69) is 15.0 Å². The summed E-state index contributed by atoms with van der Waals surface area (Å²) >= 11 is 1.29. The number of sulfonamides is 1. The molecule has 30 heavy (non-hydrogen) atoms. The number of aromatic nitrogens is 1. The van der Waals surface area contributed by atoms with Gasteiger partial charge in [-0.2, -0.15) is 0 Å². The predicted molar refractivity (Wildman–Crippen MR) is 121 cm³/mol. The van der Waals surface area contributed by atoms with Crippen molar-refractivity contribution in [3.63, 3.8) is 0 Å². The molecule has 1 amide bonds. The predicted octanol–water partition coefficient (Wildman–Crippen LogP) is 4.97. The van der Waals surface area contributed by atoms with Crippen molar-refractivity contribution >= 4 is 48.3 Å². The Morgan fingerprint density at radius 2 is 1.73 bits per heavy atom. The SMILES string of the molecule is Cc1cccc(S(=O)(=O)Nc2cc(C)c3nc(NC(=O)c4ccccc4)sc3c2)c1. The Hall–Kier alpha value is -3.23. The number of carbonyl (C=O) groups excluding carboxylic acids is 1. The van der Waals surface area contributed by atoms with Crippen LogP contribution in [0.15, 0.2) is 71.6 Å². The molecule has 0 aliphatic carbocycles. The molecule has 152 valence electrons. The second-order valence-corrected chi connectivity index (χ2v) is 9.61. The maximum absolute atomic E-state index is 12.7. The van der Waals surface area contributed by atoms with Crippen molar-refractivity contribution < 1.29 is 13.2 Å². The summed E-state index contributed by atoms with van der Waals surface area (Å²) in [4.78, 5) is 17.1. The van der Waals surface area contributed by atoms with Crippen LogP contribution >= 0.6 is 11.3 Å². The number of carbonyl (C=O) groups is 1. The molecule has 0 atom stereocenters. The number of hydrogen-bond donors (Lipinski definition) is 2. The van der Waals surface area contributed by atoms with Crippen molar-refractivity contribution in [2.45, 2.75) is 18.7 Å². The van der Waals surface area contributed by atoms with Gasteiger partial charge in [0, 0.05) is 5.56 Å². The highest BCUT2D eigenvalue weighted by atomic mass is 32.2. The molecule has 2 N–H and O–H groups in total. The van der Waals surface area contributed by atoms with Crippen LogP contribution in [-0.2, 0) is 10.0 Å². The van der Waals surface area contributed by atoms with E-state index in [1.54, 1.807) is 54.6 Å². The van der Waals surface area contributed by atoms with Crippen molar-refractivity contribution in [1.29, 1.82) is 0 Å². The fraction of sp³-hybridized carbons (Fsp3) is 0.0909. The van der Waals surface area contributed by atoms with Gasteiger partial charge >= 0.3 is 0 Å². The average molecular weight is 438 g/mol. The van der Waals surface area contributed by atoms with Crippen LogP contribution in [-0.4, -0.2) is 19.3 Å². The second kappa shape index (κ2) is 7.89. The van der Waals surface area contributed by atoms with Crippen LogP contribution in [0.2, 0.25) is 0 Å². The molecule has 0 saturated heterocycles. The normalized spacial score (nSPS) is 11.4. The molecule has 4 rings (SSSR count). The first kappa shape index (κ1) is 20.1. The summed E-state index contributed by atoms with van der Waals surface area (Å²) in [6.45, 7) is 3.70. The number of thiazole rings is 1. The molecule has 0 fully saturated rings. The van der Waals surface area contributed by atoms with Gasteiger partial charge in [0.05, 0.1) is 20.8 Å². The molecular weight excluding hydrogens is 418 g/mol. The summed E-state index contributed by atoms with van der Waals surface area (Å²) in [5, 5.41) is 3.26. The summed E-state index contributed by atoms with van der Waals surface area (Å²) < 4.78 is 28.9. The zero-order valence-corrected chi connectivity index (χ0v) is 18.0. The van der Waals surface area contributed by atoms with Crippen LogP contribution in [0.5, 0.6) is 0 Å². The third-order valence-electron chi connectivity index (χ3n) is 4.49. The largest absolute Gasteiger partial charge is 0.298 e. The van der Waals surface area contributed by atoms with E-state index in [9.17, 15) is 13.2 Å². The third kappa shape index (κ3) is 4.19. The molecule has 0 aliphatic heterocycles. The van der Waals surface area contributed by atoms with Crippen LogP contribution in [0.3, 0.4) is 0 Å². The first-order valence-electron chi connectivity index (χ1n) is 9.19. The number of hydrogen-bond acceptors (Lipinski definition) is 5. The van der Waals surface area contributed by atoms with E-state index in [1.807, 2.05) is 26.0 Å². The highest BCUT2D eigenvalue weighted by molar-refractivity contribution is 7.92. The van der Waals surface area contributed by atoms with Gasteiger partial charge in [0.1, 0.15) is 0 Å². The third-order valence-corrected chi connectivity index (χ3v) is 6.79. The van der Waals surface area contributed by atoms with Crippen LogP contribution in [0.25, 0.3) is 10.2 Å². The number of amides is 1. The molecule has 3 aromatic carbocycles. The molecule has 8 heteroatoms. The molecule has 0 radical (unpaired) electrons. The summed E-state index contributed by atoms with van der Waals surface area (Å²) in [5.41, 5.74) is 3.39. The first-order valence-corrected chi connectivity index (χ1v) is 11.5. The molecule has 1 heterocycles. The van der Waals surface area contributed by atoms with Gasteiger partial charge in [0.15, 0.2) is 5.13 Å². The highest BCUT2D eigenvalue weighted by Crippen LogP contribution is 2.32. The summed E-state index contributed by atoms with van der Waals surface area (Å²) in [7, 11) is -3.70. The lowest BCUT2D eigenvalue weighted by Crippen LogP contribution is -2.13. The first-order chi connectivity index (χ1) is 14.3. The number of rotatable bonds is 5. The Balaban J connectivity index is 1.61. The Bertz CT molecular complexity index is 1350. The zero-order valence-electron chi connectivity index (χ0n) is 16.3. The molecule has 0 unspecified atom stereocenters. The van der Waals surface area contributed by atoms with Gasteiger partial charge in [-0.25, -0.2) is 13.4 Å². The van der Waals surface area contributed by atoms with E-state index in [0.717, 1.165) is 21.3 Å². The molecule has 1 aromatic heterocycles. The average Bonchev–Trinajstić information content (AvgIpc) is 3.11. The zero-order chi connectivity index (χ0) is 21.3. The maximum atomic E-state index is 12.7. The van der Waals surface area contributed by atoms with Gasteiger partial charge in [0.25, 0.3) is 15.9 Å². The van der Waals surface area contributed by atoms with Crippen molar-refractivity contribution in [3.05, 3.63) is 83.4 Å². The number of anilines is 2. The van der Waals surface area contributed by atoms with Crippen molar-refractivity contribution in [2.24, 2.45) is 0 Å². The standard InChI is InChI=1S/C22H19N3O3S2/c1-14-7-6-10-18(11-14)30(27,28)25-17-12-15(2)20-19(13-17)29-22(23-20)24-21(26)16-8-4-3-5-9-16/h3-13,25H,1-2H3,(H,23,24,26). The monoisotopic (exact) mass is 437 g/mol. The van der Waals surface area contributed by atoms with E-state index >= 15 is 0 Å². The van der Waals surface area contributed by atoms with Gasteiger partial charge in [-0.05, 0) is 61.4 Å². The van der Waals surface area contributed by atoms with E-state index in [4.69, 9.17) is 0 Å². The quantitative estimate of drug-likeness (QED) is 0.462. The molecular formula is C22H19N3O3S2. The van der Waals surface area contributed by atoms with Crippen LogP contribution in [0.1, 0.15) is 21.5 Å². The summed E-state index contributed by atoms with van der Waals surface area (Å²) in [5.74, 6) is -0.243. The van der Waals surface area contributed by atoms with E-state index in [-0.39, 0.29) is 10.8 Å². The minimum atomic E-state index is -3.70. The second-order valence-electron chi connectivity index (χ2n) is 6.90. The van der Waals surface area contributed by atoms with Crippen molar-refractivity contribution in [2.75, 3.05) is 10.0 Å². The Kier molecular flexibility index (Phi) is 5.27. The molecule has 0 bridgehead atoms. The fourth-order valence-corrected chi connectivity index (χ4v) is 5.19. The highest BCUT2D eigenvalue weighted by Gasteiger charge is 2.17. The smallest absolute Gasteiger partial charge is 0.261 e. The topological polar surface area (TPSA) is 88.2 Å². The lowest BCUT2D eigenvalue weighted by Gasteiger charge is -2.09. The number of aryl methyl sites for hydroxylation is 2. The molecule has 4 aromatic rings. The fourth-order valence-electron chi connectivity index (χ4n) is 3.06.